The standard InChI is InChI=1S/C10H11N6/c1-3-4-10(16-6-5-11-14-16)9(2)15-7-12-13-8-15/h3,5-8H,1-2,4H2. The molecule has 2 rings (SSSR count). The minimum atomic E-state index is 0.639. The van der Waals surface area contributed by atoms with Crippen molar-refractivity contribution in [1.29, 1.82) is 0 Å². The number of nitrogens with zero attached hydrogens (tertiary/aromatic N) is 6. The van der Waals surface area contributed by atoms with Gasteiger partial charge in [0.2, 0.25) is 0 Å². The first-order chi connectivity index (χ1) is 7.83. The molecule has 6 heteroatoms. The Morgan fingerprint density at radius 2 is 2.00 bits per heavy atom. The quantitative estimate of drug-likeness (QED) is 0.698. The second kappa shape index (κ2) is 4.52. The molecule has 0 saturated carbocycles. The zero-order chi connectivity index (χ0) is 11.4. The van der Waals surface area contributed by atoms with E-state index in [1.165, 1.54) is 0 Å². The van der Waals surface area contributed by atoms with Crippen LogP contribution in [0.5, 0.6) is 0 Å². The van der Waals surface area contributed by atoms with E-state index in [0.29, 0.717) is 6.42 Å². The van der Waals surface area contributed by atoms with Crippen LogP contribution in [0.15, 0.2) is 44.3 Å². The van der Waals surface area contributed by atoms with Gasteiger partial charge in [0.1, 0.15) is 18.7 Å². The summed E-state index contributed by atoms with van der Waals surface area (Å²) >= 11 is 0. The van der Waals surface area contributed by atoms with Gasteiger partial charge in [-0.2, -0.15) is 0 Å². The number of hydrogen-bond acceptors (Lipinski definition) is 4. The van der Waals surface area contributed by atoms with Crippen LogP contribution in [0.25, 0.3) is 5.70 Å². The molecule has 0 bridgehead atoms. The van der Waals surface area contributed by atoms with Crippen molar-refractivity contribution in [2.75, 3.05) is 0 Å². The first kappa shape index (κ1) is 10.3. The van der Waals surface area contributed by atoms with E-state index in [1.54, 1.807) is 40.4 Å². The predicted octanol–water partition coefficient (Wildman–Crippen LogP) is 0.997. The fraction of sp³-hybridized carbons (Fsp3) is 0.100. The number of aromatic nitrogens is 6. The minimum absolute atomic E-state index is 0.639. The van der Waals surface area contributed by atoms with Crippen LogP contribution >= 0.6 is 0 Å². The molecule has 0 aliphatic carbocycles. The molecule has 2 heterocycles. The maximum absolute atomic E-state index is 3.98. The molecule has 0 fully saturated rings. The van der Waals surface area contributed by atoms with Crippen molar-refractivity contribution >= 4 is 5.70 Å². The number of allylic oxidation sites excluding steroid dienone is 2. The monoisotopic (exact) mass is 215 g/mol. The Kier molecular flexibility index (Phi) is 2.90. The van der Waals surface area contributed by atoms with Crippen molar-refractivity contribution in [3.05, 3.63) is 50.3 Å². The third-order valence-electron chi connectivity index (χ3n) is 2.10. The van der Waals surface area contributed by atoms with Crippen LogP contribution in [0.3, 0.4) is 0 Å². The van der Waals surface area contributed by atoms with Crippen molar-refractivity contribution in [2.45, 2.75) is 6.42 Å². The molecule has 6 nitrogen and oxygen atoms in total. The normalized spacial score (nSPS) is 10.6. The molecule has 0 aromatic carbocycles. The lowest BCUT2D eigenvalue weighted by Gasteiger charge is -2.16. The molecule has 2 aromatic heterocycles. The molecule has 16 heavy (non-hydrogen) atoms. The van der Waals surface area contributed by atoms with Gasteiger partial charge in [0, 0.05) is 11.9 Å². The highest BCUT2D eigenvalue weighted by Gasteiger charge is 2.16. The van der Waals surface area contributed by atoms with Gasteiger partial charge < -0.3 is 0 Å². The van der Waals surface area contributed by atoms with E-state index in [-0.39, 0.29) is 0 Å². The first-order valence-electron chi connectivity index (χ1n) is 4.70. The number of rotatable bonds is 5. The molecule has 0 saturated heterocycles. The van der Waals surface area contributed by atoms with Gasteiger partial charge in [0.25, 0.3) is 0 Å². The van der Waals surface area contributed by atoms with Gasteiger partial charge in [-0.3, -0.25) is 4.57 Å². The second-order valence-corrected chi connectivity index (χ2v) is 3.10. The highest BCUT2D eigenvalue weighted by molar-refractivity contribution is 5.57. The second-order valence-electron chi connectivity index (χ2n) is 3.10. The molecule has 0 atom stereocenters. The average Bonchev–Trinajstić information content (AvgIpc) is 2.96. The van der Waals surface area contributed by atoms with Gasteiger partial charge in [0.05, 0.1) is 6.20 Å². The Bertz CT molecular complexity index is 455. The van der Waals surface area contributed by atoms with Crippen molar-refractivity contribution in [1.82, 2.24) is 29.8 Å². The molecule has 0 aliphatic heterocycles. The van der Waals surface area contributed by atoms with Crippen LogP contribution < -0.4 is 0 Å². The molecule has 2 aromatic rings. The molecule has 0 aliphatic rings. The Morgan fingerprint density at radius 3 is 2.56 bits per heavy atom. The highest BCUT2D eigenvalue weighted by Crippen LogP contribution is 2.21. The summed E-state index contributed by atoms with van der Waals surface area (Å²) in [5, 5.41) is 15.2. The molecule has 0 amide bonds. The van der Waals surface area contributed by atoms with Gasteiger partial charge >= 0.3 is 0 Å². The van der Waals surface area contributed by atoms with E-state index in [2.05, 4.69) is 33.7 Å². The lowest BCUT2D eigenvalue weighted by atomic mass is 10.1. The lowest BCUT2D eigenvalue weighted by molar-refractivity contribution is 0.669. The zero-order valence-corrected chi connectivity index (χ0v) is 8.69. The van der Waals surface area contributed by atoms with E-state index < -0.39 is 0 Å². The summed E-state index contributed by atoms with van der Waals surface area (Å²) in [7, 11) is 0. The van der Waals surface area contributed by atoms with Crippen molar-refractivity contribution in [2.24, 2.45) is 0 Å². The van der Waals surface area contributed by atoms with Gasteiger partial charge in [-0.1, -0.05) is 17.9 Å². The molecular formula is C10H11N6. The van der Waals surface area contributed by atoms with E-state index in [4.69, 9.17) is 0 Å². The van der Waals surface area contributed by atoms with Crippen LogP contribution in [-0.4, -0.2) is 29.8 Å². The van der Waals surface area contributed by atoms with Crippen molar-refractivity contribution in [3.63, 3.8) is 0 Å². The molecular weight excluding hydrogens is 204 g/mol. The third kappa shape index (κ3) is 1.90. The summed E-state index contributed by atoms with van der Waals surface area (Å²) in [4.78, 5) is 0. The average molecular weight is 215 g/mol. The van der Waals surface area contributed by atoms with E-state index in [0.717, 1.165) is 11.7 Å². The highest BCUT2D eigenvalue weighted by atomic mass is 15.4. The van der Waals surface area contributed by atoms with Gasteiger partial charge in [0.15, 0.2) is 0 Å². The summed E-state index contributed by atoms with van der Waals surface area (Å²) in [5.74, 6) is 0. The molecule has 1 radical (unpaired) electrons. The summed E-state index contributed by atoms with van der Waals surface area (Å²) in [6.07, 6.45) is 8.97. The van der Waals surface area contributed by atoms with Crippen LogP contribution in [-0.2, 0) is 0 Å². The molecule has 81 valence electrons. The number of hydrogen-bond donors (Lipinski definition) is 0. The molecule has 0 N–H and O–H groups in total. The maximum Gasteiger partial charge on any atom is 0.138 e. The summed E-state index contributed by atoms with van der Waals surface area (Å²) in [5.41, 5.74) is 0.746. The Labute approximate surface area is 92.9 Å². The van der Waals surface area contributed by atoms with Gasteiger partial charge in [-0.05, 0) is 6.42 Å². The largest absolute Gasteiger partial charge is 0.290 e. The van der Waals surface area contributed by atoms with Gasteiger partial charge in [-0.25, -0.2) is 4.68 Å². The molecule has 0 unspecified atom stereocenters. The lowest BCUT2D eigenvalue weighted by Crippen LogP contribution is -2.15. The first-order valence-corrected chi connectivity index (χ1v) is 4.70. The Morgan fingerprint density at radius 1 is 1.25 bits per heavy atom. The van der Waals surface area contributed by atoms with Crippen molar-refractivity contribution < 1.29 is 0 Å². The van der Waals surface area contributed by atoms with Crippen LogP contribution in [0.1, 0.15) is 6.42 Å². The fourth-order valence-corrected chi connectivity index (χ4v) is 1.32. The van der Waals surface area contributed by atoms with E-state index in [9.17, 15) is 0 Å². The van der Waals surface area contributed by atoms with Crippen LogP contribution in [0.2, 0.25) is 0 Å². The Balaban J connectivity index is 2.27. The summed E-state index contributed by atoms with van der Waals surface area (Å²) in [6, 6.07) is 0.882. The van der Waals surface area contributed by atoms with Crippen molar-refractivity contribution in [3.8, 4) is 0 Å². The topological polar surface area (TPSA) is 61.4 Å². The molecule has 0 spiro atoms. The predicted molar refractivity (Wildman–Crippen MR) is 58.8 cm³/mol. The Hall–Kier alpha value is -2.24. The van der Waals surface area contributed by atoms with Crippen LogP contribution in [0.4, 0.5) is 0 Å². The maximum atomic E-state index is 3.98. The SMILES string of the molecule is C=CC[C](C(=C)n1cnnc1)n1ccnn1. The fourth-order valence-electron chi connectivity index (χ4n) is 1.32. The summed E-state index contributed by atoms with van der Waals surface area (Å²) < 4.78 is 3.38. The smallest absolute Gasteiger partial charge is 0.138 e. The zero-order valence-electron chi connectivity index (χ0n) is 8.69. The van der Waals surface area contributed by atoms with E-state index in [1.807, 2.05) is 0 Å². The van der Waals surface area contributed by atoms with E-state index >= 15 is 0 Å². The van der Waals surface area contributed by atoms with Crippen LogP contribution in [0, 0.1) is 6.04 Å². The minimum Gasteiger partial charge on any atom is -0.290 e. The summed E-state index contributed by atoms with van der Waals surface area (Å²) in [6.45, 7) is 7.69. The third-order valence-corrected chi connectivity index (χ3v) is 2.10. The van der Waals surface area contributed by atoms with Gasteiger partial charge in [-0.15, -0.1) is 21.9 Å².